The van der Waals surface area contributed by atoms with Crippen molar-refractivity contribution in [1.82, 2.24) is 10.3 Å². The number of hydrogen-bond donors (Lipinski definition) is 2. The van der Waals surface area contributed by atoms with E-state index >= 15 is 0 Å². The van der Waals surface area contributed by atoms with Crippen molar-refractivity contribution in [3.05, 3.63) is 48.0 Å². The summed E-state index contributed by atoms with van der Waals surface area (Å²) in [4.78, 5) is 15.5. The lowest BCUT2D eigenvalue weighted by molar-refractivity contribution is -0.117. The van der Waals surface area contributed by atoms with E-state index in [1.54, 1.807) is 0 Å². The summed E-state index contributed by atoms with van der Waals surface area (Å²) < 4.78 is 5.79. The Morgan fingerprint density at radius 1 is 1.22 bits per heavy atom. The number of carbonyl (C=O) groups excluding carboxylic acids is 1. The van der Waals surface area contributed by atoms with Crippen LogP contribution in [0.4, 0.5) is 5.69 Å². The molecule has 23 heavy (non-hydrogen) atoms. The highest BCUT2D eigenvalue weighted by Gasteiger charge is 2.09. The minimum absolute atomic E-state index is 0.215. The van der Waals surface area contributed by atoms with Gasteiger partial charge in [-0.3, -0.25) is 4.79 Å². The van der Waals surface area contributed by atoms with Crippen molar-refractivity contribution in [2.75, 3.05) is 5.32 Å². The molecule has 0 aliphatic carbocycles. The Morgan fingerprint density at radius 2 is 2.04 bits per heavy atom. The number of aryl methyl sites for hydroxylation is 1. The number of benzene rings is 2. The SMILES string of the molecule is CC(=O)NC(=S)Nc1cccc(-c2nc3cc(C)ccc3o2)c1. The molecule has 0 spiro atoms. The third-order valence-corrected chi connectivity index (χ3v) is 3.40. The van der Waals surface area contributed by atoms with Crippen LogP contribution in [0.1, 0.15) is 12.5 Å². The molecule has 0 unspecified atom stereocenters. The quantitative estimate of drug-likeness (QED) is 0.704. The summed E-state index contributed by atoms with van der Waals surface area (Å²) >= 11 is 5.06. The van der Waals surface area contributed by atoms with Crippen molar-refractivity contribution >= 4 is 40.0 Å². The lowest BCUT2D eigenvalue weighted by Gasteiger charge is -2.08. The average Bonchev–Trinajstić information content (AvgIpc) is 2.89. The molecule has 0 aliphatic rings. The number of nitrogens with zero attached hydrogens (tertiary/aromatic N) is 1. The molecule has 2 aromatic carbocycles. The Bertz CT molecular complexity index is 902. The Morgan fingerprint density at radius 3 is 2.83 bits per heavy atom. The van der Waals surface area contributed by atoms with Gasteiger partial charge in [-0.05, 0) is 55.0 Å². The Hall–Kier alpha value is -2.73. The number of carbonyl (C=O) groups is 1. The van der Waals surface area contributed by atoms with Gasteiger partial charge in [0.25, 0.3) is 0 Å². The van der Waals surface area contributed by atoms with Crippen LogP contribution in [0, 0.1) is 6.92 Å². The minimum Gasteiger partial charge on any atom is -0.436 e. The number of rotatable bonds is 2. The van der Waals surface area contributed by atoms with Crippen molar-refractivity contribution in [3.8, 4) is 11.5 Å². The maximum atomic E-state index is 11.0. The third-order valence-electron chi connectivity index (χ3n) is 3.20. The molecule has 3 rings (SSSR count). The van der Waals surface area contributed by atoms with Gasteiger partial charge in [0.1, 0.15) is 5.52 Å². The highest BCUT2D eigenvalue weighted by Crippen LogP contribution is 2.26. The van der Waals surface area contributed by atoms with E-state index in [0.717, 1.165) is 27.9 Å². The number of hydrogen-bond acceptors (Lipinski definition) is 4. The van der Waals surface area contributed by atoms with Crippen molar-refractivity contribution in [3.63, 3.8) is 0 Å². The van der Waals surface area contributed by atoms with Crippen LogP contribution in [-0.2, 0) is 4.79 Å². The second-order valence-corrected chi connectivity index (χ2v) is 5.61. The van der Waals surface area contributed by atoms with E-state index in [9.17, 15) is 4.79 Å². The molecule has 0 fully saturated rings. The van der Waals surface area contributed by atoms with Crippen LogP contribution in [0.15, 0.2) is 46.9 Å². The number of oxazole rings is 1. The van der Waals surface area contributed by atoms with Crippen LogP contribution < -0.4 is 10.6 Å². The summed E-state index contributed by atoms with van der Waals surface area (Å²) in [6.45, 7) is 3.42. The average molecular weight is 325 g/mol. The van der Waals surface area contributed by atoms with Crippen LogP contribution in [-0.4, -0.2) is 16.0 Å². The summed E-state index contributed by atoms with van der Waals surface area (Å²) in [5.41, 5.74) is 4.28. The summed E-state index contributed by atoms with van der Waals surface area (Å²) in [5.74, 6) is 0.327. The first-order valence-electron chi connectivity index (χ1n) is 7.07. The van der Waals surface area contributed by atoms with Gasteiger partial charge in [-0.25, -0.2) is 4.98 Å². The molecule has 0 bridgehead atoms. The fraction of sp³-hybridized carbons (Fsp3) is 0.118. The minimum atomic E-state index is -0.215. The summed E-state index contributed by atoms with van der Waals surface area (Å²) in [7, 11) is 0. The standard InChI is InChI=1S/C17H15N3O2S/c1-10-6-7-15-14(8-10)20-16(22-15)12-4-3-5-13(9-12)19-17(23)18-11(2)21/h3-9H,1-2H3,(H2,18,19,21,23). The van der Waals surface area contributed by atoms with Crippen molar-refractivity contribution in [1.29, 1.82) is 0 Å². The first-order valence-corrected chi connectivity index (χ1v) is 7.48. The van der Waals surface area contributed by atoms with Gasteiger partial charge in [-0.15, -0.1) is 0 Å². The number of amides is 1. The maximum absolute atomic E-state index is 11.0. The fourth-order valence-electron chi connectivity index (χ4n) is 2.21. The van der Waals surface area contributed by atoms with Gasteiger partial charge in [-0.1, -0.05) is 12.1 Å². The Kier molecular flexibility index (Phi) is 4.08. The Labute approximate surface area is 138 Å². The van der Waals surface area contributed by atoms with E-state index in [4.69, 9.17) is 16.6 Å². The van der Waals surface area contributed by atoms with Crippen LogP contribution in [0.25, 0.3) is 22.6 Å². The number of thiocarbonyl (C=S) groups is 1. The van der Waals surface area contributed by atoms with Crippen LogP contribution in [0.3, 0.4) is 0 Å². The van der Waals surface area contributed by atoms with Gasteiger partial charge < -0.3 is 15.1 Å². The topological polar surface area (TPSA) is 67.2 Å². The van der Waals surface area contributed by atoms with Crippen molar-refractivity contribution in [2.45, 2.75) is 13.8 Å². The number of nitrogens with one attached hydrogen (secondary N) is 2. The predicted octanol–water partition coefficient (Wildman–Crippen LogP) is 3.64. The lowest BCUT2D eigenvalue weighted by Crippen LogP contribution is -2.32. The molecule has 6 heteroatoms. The van der Waals surface area contributed by atoms with E-state index in [1.807, 2.05) is 49.4 Å². The van der Waals surface area contributed by atoms with Crippen molar-refractivity contribution < 1.29 is 9.21 Å². The normalized spacial score (nSPS) is 10.5. The Balaban J connectivity index is 1.88. The maximum Gasteiger partial charge on any atom is 0.227 e. The van der Waals surface area contributed by atoms with Gasteiger partial charge in [0.15, 0.2) is 10.7 Å². The number of fused-ring (bicyclic) bond motifs is 1. The molecule has 1 aromatic heterocycles. The lowest BCUT2D eigenvalue weighted by atomic mass is 10.2. The van der Waals surface area contributed by atoms with Gasteiger partial charge in [0.2, 0.25) is 11.8 Å². The summed E-state index contributed by atoms with van der Waals surface area (Å²) in [6.07, 6.45) is 0. The van der Waals surface area contributed by atoms with Gasteiger partial charge >= 0.3 is 0 Å². The zero-order valence-corrected chi connectivity index (χ0v) is 13.5. The molecule has 0 aliphatic heterocycles. The molecule has 0 saturated heterocycles. The first kappa shape index (κ1) is 15.2. The van der Waals surface area contributed by atoms with E-state index in [-0.39, 0.29) is 11.0 Å². The van der Waals surface area contributed by atoms with Crippen molar-refractivity contribution in [2.24, 2.45) is 0 Å². The molecule has 5 nitrogen and oxygen atoms in total. The van der Waals surface area contributed by atoms with Gasteiger partial charge in [-0.2, -0.15) is 0 Å². The van der Waals surface area contributed by atoms with Crippen LogP contribution in [0.5, 0.6) is 0 Å². The molecule has 1 amide bonds. The fourth-order valence-corrected chi connectivity index (χ4v) is 2.47. The highest BCUT2D eigenvalue weighted by atomic mass is 32.1. The third kappa shape index (κ3) is 3.54. The molecule has 3 aromatic rings. The second-order valence-electron chi connectivity index (χ2n) is 5.21. The molecule has 0 radical (unpaired) electrons. The molecular weight excluding hydrogens is 310 g/mol. The van der Waals surface area contributed by atoms with E-state index in [1.165, 1.54) is 6.92 Å². The zero-order chi connectivity index (χ0) is 16.4. The molecule has 1 heterocycles. The van der Waals surface area contributed by atoms with Crippen LogP contribution >= 0.6 is 12.2 Å². The van der Waals surface area contributed by atoms with E-state index < -0.39 is 0 Å². The predicted molar refractivity (Wildman–Crippen MR) is 94.2 cm³/mol. The molecule has 116 valence electrons. The van der Waals surface area contributed by atoms with Gasteiger partial charge in [0, 0.05) is 18.2 Å². The molecule has 2 N–H and O–H groups in total. The number of aromatic nitrogens is 1. The summed E-state index contributed by atoms with van der Waals surface area (Å²) in [6, 6.07) is 13.4. The first-order chi connectivity index (χ1) is 11.0. The number of anilines is 1. The molecule has 0 saturated carbocycles. The molecule has 0 atom stereocenters. The van der Waals surface area contributed by atoms with Gasteiger partial charge in [0.05, 0.1) is 0 Å². The monoisotopic (exact) mass is 325 g/mol. The molecular formula is C17H15N3O2S. The van der Waals surface area contributed by atoms with E-state index in [2.05, 4.69) is 15.6 Å². The smallest absolute Gasteiger partial charge is 0.227 e. The largest absolute Gasteiger partial charge is 0.436 e. The van der Waals surface area contributed by atoms with Crippen LogP contribution in [0.2, 0.25) is 0 Å². The second kappa shape index (κ2) is 6.18. The highest BCUT2D eigenvalue weighted by molar-refractivity contribution is 7.80. The zero-order valence-electron chi connectivity index (χ0n) is 12.7. The van der Waals surface area contributed by atoms with E-state index in [0.29, 0.717) is 5.89 Å². The summed E-state index contributed by atoms with van der Waals surface area (Å²) in [5, 5.41) is 5.73.